The lowest BCUT2D eigenvalue weighted by Crippen LogP contribution is -2.43. The molecule has 1 aliphatic rings. The number of aromatic nitrogens is 3. The minimum atomic E-state index is -4.68. The summed E-state index contributed by atoms with van der Waals surface area (Å²) < 4.78 is 40.6. The van der Waals surface area contributed by atoms with E-state index in [1.165, 1.54) is 18.2 Å². The van der Waals surface area contributed by atoms with E-state index in [0.29, 0.717) is 12.8 Å². The molecule has 0 amide bonds. The van der Waals surface area contributed by atoms with E-state index in [2.05, 4.69) is 15.3 Å². The van der Waals surface area contributed by atoms with Crippen molar-refractivity contribution in [2.75, 3.05) is 5.32 Å². The van der Waals surface area contributed by atoms with Crippen molar-refractivity contribution in [2.45, 2.75) is 31.2 Å². The van der Waals surface area contributed by atoms with E-state index >= 15 is 0 Å². The monoisotopic (exact) mass is 410 g/mol. The molecule has 0 radical (unpaired) electrons. The van der Waals surface area contributed by atoms with Crippen LogP contribution in [-0.4, -0.2) is 31.8 Å². The van der Waals surface area contributed by atoms with Crippen molar-refractivity contribution in [3.63, 3.8) is 0 Å². The Morgan fingerprint density at radius 3 is 2.50 bits per heavy atom. The Balaban J connectivity index is 1.99. The van der Waals surface area contributed by atoms with Crippen LogP contribution >= 0.6 is 11.6 Å². The van der Waals surface area contributed by atoms with Crippen LogP contribution in [0.3, 0.4) is 0 Å². The molecule has 1 saturated carbocycles. The smallest absolute Gasteiger partial charge is 0.391 e. The molecule has 0 saturated heterocycles. The Bertz CT molecular complexity index is 1120. The van der Waals surface area contributed by atoms with Crippen LogP contribution in [0.1, 0.15) is 18.5 Å². The summed E-state index contributed by atoms with van der Waals surface area (Å²) in [6.45, 7) is 0. The summed E-state index contributed by atoms with van der Waals surface area (Å²) in [7, 11) is 0. The number of nitrogens with zero attached hydrogens (tertiary/aromatic N) is 3. The fourth-order valence-corrected chi connectivity index (χ4v) is 3.26. The number of aliphatic hydroxyl groups excluding tert-OH is 1. The summed E-state index contributed by atoms with van der Waals surface area (Å²) in [5.74, 6) is 0.0771. The predicted molar refractivity (Wildman–Crippen MR) is 97.8 cm³/mol. The van der Waals surface area contributed by atoms with Crippen LogP contribution in [0.2, 0.25) is 5.02 Å². The van der Waals surface area contributed by atoms with Gasteiger partial charge in [0.25, 0.3) is 0 Å². The van der Waals surface area contributed by atoms with Crippen molar-refractivity contribution >= 4 is 28.5 Å². The van der Waals surface area contributed by atoms with Crippen LogP contribution < -0.4 is 11.0 Å². The van der Waals surface area contributed by atoms with Gasteiger partial charge in [-0.2, -0.15) is 18.2 Å². The fraction of sp³-hybridized carbons (Fsp3) is 0.278. The van der Waals surface area contributed by atoms with E-state index in [4.69, 9.17) is 11.6 Å². The molecule has 146 valence electrons. The zero-order valence-corrected chi connectivity index (χ0v) is 15.0. The number of aliphatic hydroxyl groups is 1. The zero-order chi connectivity index (χ0) is 20.1. The van der Waals surface area contributed by atoms with Gasteiger partial charge in [-0.15, -0.1) is 0 Å². The van der Waals surface area contributed by atoms with Crippen LogP contribution in [-0.2, 0) is 6.18 Å². The highest BCUT2D eigenvalue weighted by atomic mass is 35.5. The first-order valence-electron chi connectivity index (χ1n) is 8.46. The molecular formula is C18H14ClF3N4O2. The SMILES string of the molecule is O=c1nc(NC2CCC2O)c2ccc(C(F)(F)F)nc2n1-c1ccccc1Cl. The Hall–Kier alpha value is -2.65. The van der Waals surface area contributed by atoms with Crippen molar-refractivity contribution < 1.29 is 18.3 Å². The maximum atomic E-state index is 13.2. The number of benzene rings is 1. The number of para-hydroxylation sites is 1. The van der Waals surface area contributed by atoms with Gasteiger partial charge in [0.15, 0.2) is 5.65 Å². The number of fused-ring (bicyclic) bond motifs is 1. The Morgan fingerprint density at radius 1 is 1.14 bits per heavy atom. The van der Waals surface area contributed by atoms with Crippen molar-refractivity contribution in [1.82, 2.24) is 14.5 Å². The van der Waals surface area contributed by atoms with Gasteiger partial charge < -0.3 is 10.4 Å². The van der Waals surface area contributed by atoms with E-state index in [9.17, 15) is 23.1 Å². The fourth-order valence-electron chi connectivity index (χ4n) is 3.04. The Morgan fingerprint density at radius 2 is 1.89 bits per heavy atom. The van der Waals surface area contributed by atoms with Gasteiger partial charge in [0, 0.05) is 0 Å². The molecule has 1 fully saturated rings. The first-order valence-corrected chi connectivity index (χ1v) is 8.84. The average molecular weight is 411 g/mol. The molecule has 2 unspecified atom stereocenters. The molecular weight excluding hydrogens is 397 g/mol. The van der Waals surface area contributed by atoms with E-state index in [1.54, 1.807) is 12.1 Å². The number of rotatable bonds is 3. The quantitative estimate of drug-likeness (QED) is 0.692. The summed E-state index contributed by atoms with van der Waals surface area (Å²) in [6.07, 6.45) is -4.03. The van der Waals surface area contributed by atoms with Crippen LogP contribution in [0.5, 0.6) is 0 Å². The van der Waals surface area contributed by atoms with Gasteiger partial charge in [0.1, 0.15) is 11.5 Å². The third-order valence-corrected chi connectivity index (χ3v) is 5.00. The first-order chi connectivity index (χ1) is 13.3. The van der Waals surface area contributed by atoms with Crippen LogP contribution in [0.25, 0.3) is 16.7 Å². The molecule has 4 rings (SSSR count). The molecule has 2 atom stereocenters. The molecule has 3 aromatic rings. The first kappa shape index (κ1) is 18.7. The van der Waals surface area contributed by atoms with Gasteiger partial charge in [-0.25, -0.2) is 14.3 Å². The Labute approximate surface area is 161 Å². The molecule has 10 heteroatoms. The van der Waals surface area contributed by atoms with Gasteiger partial charge in [-0.1, -0.05) is 23.7 Å². The van der Waals surface area contributed by atoms with Crippen molar-refractivity contribution in [2.24, 2.45) is 0 Å². The highest BCUT2D eigenvalue weighted by Crippen LogP contribution is 2.32. The van der Waals surface area contributed by atoms with Crippen LogP contribution in [0, 0.1) is 0 Å². The average Bonchev–Trinajstić information content (AvgIpc) is 2.64. The number of hydrogen-bond donors (Lipinski definition) is 2. The summed E-state index contributed by atoms with van der Waals surface area (Å²) in [5.41, 5.74) is -2.02. The molecule has 0 aliphatic heterocycles. The molecule has 2 N–H and O–H groups in total. The normalized spacial score (nSPS) is 19.5. The summed E-state index contributed by atoms with van der Waals surface area (Å²) >= 11 is 6.15. The molecule has 1 aromatic carbocycles. The van der Waals surface area contributed by atoms with E-state index < -0.39 is 23.7 Å². The van der Waals surface area contributed by atoms with Gasteiger partial charge in [-0.05, 0) is 37.1 Å². The topological polar surface area (TPSA) is 80.0 Å². The number of hydrogen-bond acceptors (Lipinski definition) is 5. The highest BCUT2D eigenvalue weighted by molar-refractivity contribution is 6.32. The highest BCUT2D eigenvalue weighted by Gasteiger charge is 2.34. The molecule has 0 spiro atoms. The van der Waals surface area contributed by atoms with Gasteiger partial charge in [-0.3, -0.25) is 0 Å². The summed E-state index contributed by atoms with van der Waals surface area (Å²) in [6, 6.07) is 7.95. The van der Waals surface area contributed by atoms with E-state index in [0.717, 1.165) is 10.6 Å². The second-order valence-corrected chi connectivity index (χ2v) is 6.90. The van der Waals surface area contributed by atoms with Crippen molar-refractivity contribution in [3.8, 4) is 5.69 Å². The second kappa shape index (κ2) is 6.75. The lowest BCUT2D eigenvalue weighted by Gasteiger charge is -2.33. The molecule has 28 heavy (non-hydrogen) atoms. The molecule has 6 nitrogen and oxygen atoms in total. The van der Waals surface area contributed by atoms with E-state index in [1.807, 2.05) is 0 Å². The third kappa shape index (κ3) is 3.20. The summed E-state index contributed by atoms with van der Waals surface area (Å²) in [5, 5.41) is 13.1. The molecule has 2 aromatic heterocycles. The van der Waals surface area contributed by atoms with Gasteiger partial charge in [0.2, 0.25) is 0 Å². The second-order valence-electron chi connectivity index (χ2n) is 6.49. The predicted octanol–water partition coefficient (Wildman–Crippen LogP) is 3.39. The lowest BCUT2D eigenvalue weighted by atomic mass is 9.89. The molecule has 2 heterocycles. The Kier molecular flexibility index (Phi) is 4.51. The number of nitrogens with one attached hydrogen (secondary N) is 1. The number of pyridine rings is 1. The van der Waals surface area contributed by atoms with Crippen molar-refractivity contribution in [1.29, 1.82) is 0 Å². The number of anilines is 1. The molecule has 1 aliphatic carbocycles. The van der Waals surface area contributed by atoms with Crippen LogP contribution in [0.4, 0.5) is 19.0 Å². The minimum Gasteiger partial charge on any atom is -0.391 e. The van der Waals surface area contributed by atoms with Crippen molar-refractivity contribution in [3.05, 3.63) is 57.6 Å². The summed E-state index contributed by atoms with van der Waals surface area (Å²) in [4.78, 5) is 20.4. The zero-order valence-electron chi connectivity index (χ0n) is 14.2. The largest absolute Gasteiger partial charge is 0.433 e. The number of alkyl halides is 3. The third-order valence-electron chi connectivity index (χ3n) is 4.68. The standard InChI is InChI=1S/C18H14ClF3N4O2/c19-10-3-1-2-4-12(10)26-16-9(5-8-14(24-16)18(20,21)22)15(25-17(26)28)23-11-6-7-13(11)27/h1-5,8,11,13,27H,6-7H2,(H,23,25,28). The van der Waals surface area contributed by atoms with Gasteiger partial charge in [0.05, 0.1) is 28.2 Å². The van der Waals surface area contributed by atoms with E-state index in [-0.39, 0.29) is 33.6 Å². The maximum absolute atomic E-state index is 13.2. The lowest BCUT2D eigenvalue weighted by molar-refractivity contribution is -0.141. The molecule has 0 bridgehead atoms. The number of halogens is 4. The minimum absolute atomic E-state index is 0.0771. The van der Waals surface area contributed by atoms with Crippen LogP contribution in [0.15, 0.2) is 41.2 Å². The van der Waals surface area contributed by atoms with Gasteiger partial charge >= 0.3 is 11.9 Å². The maximum Gasteiger partial charge on any atom is 0.433 e.